The van der Waals surface area contributed by atoms with Crippen molar-refractivity contribution in [3.63, 3.8) is 0 Å². The molecular formula is C17H18N6O. The molecule has 1 aliphatic rings. The first-order valence-electron chi connectivity index (χ1n) is 7.99. The van der Waals surface area contributed by atoms with Crippen molar-refractivity contribution in [1.82, 2.24) is 25.1 Å². The van der Waals surface area contributed by atoms with Gasteiger partial charge in [0.15, 0.2) is 0 Å². The van der Waals surface area contributed by atoms with E-state index < -0.39 is 0 Å². The van der Waals surface area contributed by atoms with E-state index >= 15 is 0 Å². The molecule has 24 heavy (non-hydrogen) atoms. The molecule has 0 aliphatic carbocycles. The van der Waals surface area contributed by atoms with Gasteiger partial charge in [-0.25, -0.2) is 0 Å². The van der Waals surface area contributed by atoms with Crippen LogP contribution in [0.4, 0.5) is 5.69 Å². The summed E-state index contributed by atoms with van der Waals surface area (Å²) in [6, 6.07) is 12.3. The molecule has 3 heterocycles. The molecule has 1 amide bonds. The van der Waals surface area contributed by atoms with Crippen LogP contribution in [0.2, 0.25) is 0 Å². The molecule has 2 aromatic heterocycles. The van der Waals surface area contributed by atoms with Gasteiger partial charge < -0.3 is 10.2 Å². The Hall–Kier alpha value is -2.96. The third-order valence-electron chi connectivity index (χ3n) is 4.25. The van der Waals surface area contributed by atoms with Gasteiger partial charge in [-0.1, -0.05) is 30.3 Å². The normalized spacial score (nSPS) is 17.4. The van der Waals surface area contributed by atoms with E-state index in [-0.39, 0.29) is 11.9 Å². The van der Waals surface area contributed by atoms with Crippen molar-refractivity contribution in [2.24, 2.45) is 0 Å². The summed E-state index contributed by atoms with van der Waals surface area (Å²) in [5.41, 5.74) is 3.65. The van der Waals surface area contributed by atoms with Crippen LogP contribution in [-0.4, -0.2) is 44.8 Å². The molecule has 7 heteroatoms. The number of benzene rings is 1. The summed E-state index contributed by atoms with van der Waals surface area (Å²) in [5, 5.41) is 15.8. The number of anilines is 1. The number of aromatic nitrogens is 4. The number of nitrogens with zero attached hydrogens (tertiary/aromatic N) is 5. The molecule has 1 saturated heterocycles. The molecule has 1 unspecified atom stereocenters. The number of nitrogens with one attached hydrogen (secondary N) is 1. The summed E-state index contributed by atoms with van der Waals surface area (Å²) in [7, 11) is 0. The Morgan fingerprint density at radius 3 is 2.92 bits per heavy atom. The van der Waals surface area contributed by atoms with Gasteiger partial charge >= 0.3 is 0 Å². The summed E-state index contributed by atoms with van der Waals surface area (Å²) in [5.74, 6) is 0.00850. The molecule has 0 bridgehead atoms. The van der Waals surface area contributed by atoms with Gasteiger partial charge in [-0.15, -0.1) is 10.2 Å². The van der Waals surface area contributed by atoms with Crippen LogP contribution in [0.5, 0.6) is 0 Å². The molecule has 1 N–H and O–H groups in total. The lowest BCUT2D eigenvalue weighted by Gasteiger charge is -2.20. The van der Waals surface area contributed by atoms with E-state index in [1.165, 1.54) is 0 Å². The first-order chi connectivity index (χ1) is 11.7. The fourth-order valence-electron chi connectivity index (χ4n) is 3.18. The van der Waals surface area contributed by atoms with Crippen molar-refractivity contribution in [2.75, 3.05) is 18.0 Å². The lowest BCUT2D eigenvalue weighted by Crippen LogP contribution is -2.35. The van der Waals surface area contributed by atoms with Crippen molar-refractivity contribution in [2.45, 2.75) is 19.4 Å². The topological polar surface area (TPSA) is 75.4 Å². The fraction of sp³-hybridized carbons (Fsp3) is 0.294. The Balaban J connectivity index is 1.72. The number of hydrogen-bond donors (Lipinski definition) is 1. The summed E-state index contributed by atoms with van der Waals surface area (Å²) >= 11 is 0. The Kier molecular flexibility index (Phi) is 3.60. The van der Waals surface area contributed by atoms with E-state index in [9.17, 15) is 4.79 Å². The maximum atomic E-state index is 11.3. The van der Waals surface area contributed by atoms with E-state index in [0.717, 1.165) is 42.1 Å². The average molecular weight is 322 g/mol. The van der Waals surface area contributed by atoms with Crippen molar-refractivity contribution in [3.05, 3.63) is 42.7 Å². The predicted octanol–water partition coefficient (Wildman–Crippen LogP) is 1.51. The molecule has 1 aromatic carbocycles. The summed E-state index contributed by atoms with van der Waals surface area (Å²) in [6.07, 6.45) is 2.54. The van der Waals surface area contributed by atoms with Gasteiger partial charge in [-0.05, 0) is 12.5 Å². The minimum Gasteiger partial charge on any atom is -0.366 e. The van der Waals surface area contributed by atoms with Crippen molar-refractivity contribution in [1.29, 1.82) is 0 Å². The second-order valence-corrected chi connectivity index (χ2v) is 6.01. The Morgan fingerprint density at radius 2 is 2.12 bits per heavy atom. The van der Waals surface area contributed by atoms with Gasteiger partial charge in [0.25, 0.3) is 0 Å². The average Bonchev–Trinajstić information content (AvgIpc) is 3.23. The number of rotatable bonds is 3. The molecule has 1 aliphatic heterocycles. The first kappa shape index (κ1) is 14.6. The highest BCUT2D eigenvalue weighted by Gasteiger charge is 2.26. The van der Waals surface area contributed by atoms with Crippen LogP contribution in [0.25, 0.3) is 16.9 Å². The number of carbonyl (C=O) groups excluding carboxylic acids is 1. The van der Waals surface area contributed by atoms with Gasteiger partial charge in [0.1, 0.15) is 6.33 Å². The first-order valence-corrected chi connectivity index (χ1v) is 7.99. The minimum atomic E-state index is 0.00850. The van der Waals surface area contributed by atoms with E-state index in [4.69, 9.17) is 0 Å². The highest BCUT2D eigenvalue weighted by Crippen LogP contribution is 2.28. The summed E-state index contributed by atoms with van der Waals surface area (Å²) in [6.45, 7) is 3.19. The highest BCUT2D eigenvalue weighted by atomic mass is 16.1. The molecule has 0 spiro atoms. The SMILES string of the molecule is CC(=O)NC1CCN(c2cc(-c3ccccc3)nn3cnnc23)C1. The minimum absolute atomic E-state index is 0.00850. The van der Waals surface area contributed by atoms with Gasteiger partial charge in [0.2, 0.25) is 11.6 Å². The van der Waals surface area contributed by atoms with Crippen LogP contribution in [-0.2, 0) is 4.79 Å². The molecule has 7 nitrogen and oxygen atoms in total. The summed E-state index contributed by atoms with van der Waals surface area (Å²) < 4.78 is 1.71. The number of carbonyl (C=O) groups is 1. The zero-order valence-corrected chi connectivity index (χ0v) is 13.4. The molecule has 122 valence electrons. The number of amides is 1. The highest BCUT2D eigenvalue weighted by molar-refractivity contribution is 5.76. The van der Waals surface area contributed by atoms with Crippen LogP contribution >= 0.6 is 0 Å². The Bertz CT molecular complexity index is 875. The van der Waals surface area contributed by atoms with Crippen LogP contribution in [0.3, 0.4) is 0 Å². The standard InChI is InChI=1S/C17H18N6O/c1-12(24)19-14-7-8-22(10-14)16-9-15(13-5-3-2-4-6-13)21-23-11-18-20-17(16)23/h2-6,9,11,14H,7-8,10H2,1H3,(H,19,24). The van der Waals surface area contributed by atoms with E-state index in [0.29, 0.717) is 0 Å². The smallest absolute Gasteiger partial charge is 0.217 e. The zero-order chi connectivity index (χ0) is 16.5. The molecule has 4 rings (SSSR count). The van der Waals surface area contributed by atoms with Gasteiger partial charge in [-0.3, -0.25) is 4.79 Å². The summed E-state index contributed by atoms with van der Waals surface area (Å²) in [4.78, 5) is 13.5. The van der Waals surface area contributed by atoms with E-state index in [2.05, 4.69) is 31.6 Å². The molecule has 1 atom stereocenters. The van der Waals surface area contributed by atoms with Crippen molar-refractivity contribution in [3.8, 4) is 11.3 Å². The second-order valence-electron chi connectivity index (χ2n) is 6.01. The Morgan fingerprint density at radius 1 is 1.29 bits per heavy atom. The second kappa shape index (κ2) is 5.92. The third kappa shape index (κ3) is 2.68. The number of hydrogen-bond acceptors (Lipinski definition) is 5. The quantitative estimate of drug-likeness (QED) is 0.791. The fourth-order valence-corrected chi connectivity index (χ4v) is 3.18. The largest absolute Gasteiger partial charge is 0.366 e. The van der Waals surface area contributed by atoms with Crippen LogP contribution in [0.1, 0.15) is 13.3 Å². The monoisotopic (exact) mass is 322 g/mol. The van der Waals surface area contributed by atoms with E-state index in [1.54, 1.807) is 17.8 Å². The lowest BCUT2D eigenvalue weighted by atomic mass is 10.1. The molecule has 3 aromatic rings. The maximum Gasteiger partial charge on any atom is 0.217 e. The van der Waals surface area contributed by atoms with Gasteiger partial charge in [-0.2, -0.15) is 9.61 Å². The molecule has 0 saturated carbocycles. The van der Waals surface area contributed by atoms with E-state index in [1.807, 2.05) is 30.3 Å². The maximum absolute atomic E-state index is 11.3. The number of fused-ring (bicyclic) bond motifs is 1. The van der Waals surface area contributed by atoms with Gasteiger partial charge in [0.05, 0.1) is 11.4 Å². The Labute approximate surface area is 139 Å². The molecule has 1 fully saturated rings. The molecule has 0 radical (unpaired) electrons. The van der Waals surface area contributed by atoms with Crippen LogP contribution in [0.15, 0.2) is 42.7 Å². The lowest BCUT2D eigenvalue weighted by molar-refractivity contribution is -0.119. The van der Waals surface area contributed by atoms with Gasteiger partial charge in [0, 0.05) is 31.6 Å². The third-order valence-corrected chi connectivity index (χ3v) is 4.25. The van der Waals surface area contributed by atoms with Crippen molar-refractivity contribution < 1.29 is 4.79 Å². The van der Waals surface area contributed by atoms with Crippen LogP contribution < -0.4 is 10.2 Å². The van der Waals surface area contributed by atoms with Crippen LogP contribution in [0, 0.1) is 0 Å². The zero-order valence-electron chi connectivity index (χ0n) is 13.4. The van der Waals surface area contributed by atoms with Crippen molar-refractivity contribution >= 4 is 17.2 Å². The molecular weight excluding hydrogens is 304 g/mol. The predicted molar refractivity (Wildman–Crippen MR) is 90.7 cm³/mol.